The minimum Gasteiger partial charge on any atom is -0.353 e. The molecule has 1 amide bonds. The maximum Gasteiger partial charge on any atom is 0.224 e. The number of carbonyl (C=O) groups excluding carboxylic acids is 1. The van der Waals surface area contributed by atoms with Gasteiger partial charge in [0.05, 0.1) is 16.8 Å². The van der Waals surface area contributed by atoms with Crippen LogP contribution >= 0.6 is 0 Å². The van der Waals surface area contributed by atoms with Gasteiger partial charge in [-0.3, -0.25) is 4.79 Å². The Labute approximate surface area is 141 Å². The molecule has 0 aliphatic rings. The number of amides is 1. The van der Waals surface area contributed by atoms with Gasteiger partial charge in [0.25, 0.3) is 0 Å². The lowest BCUT2D eigenvalue weighted by Crippen LogP contribution is -2.13. The van der Waals surface area contributed by atoms with E-state index in [0.717, 1.165) is 5.69 Å². The Morgan fingerprint density at radius 3 is 2.04 bits per heavy atom. The molecule has 0 spiro atoms. The molecule has 5 heteroatoms. The zero-order valence-corrected chi connectivity index (χ0v) is 13.6. The number of benzene rings is 2. The highest BCUT2D eigenvalue weighted by Crippen LogP contribution is 2.25. The van der Waals surface area contributed by atoms with E-state index in [1.165, 1.54) is 0 Å². The van der Waals surface area contributed by atoms with Gasteiger partial charge in [0.1, 0.15) is 12.1 Å². The first-order valence-corrected chi connectivity index (χ1v) is 7.63. The summed E-state index contributed by atoms with van der Waals surface area (Å²) >= 11 is 0. The van der Waals surface area contributed by atoms with Gasteiger partial charge in [-0.1, -0.05) is 19.9 Å². The fourth-order valence-corrected chi connectivity index (χ4v) is 2.24. The Hall–Kier alpha value is -3.31. The van der Waals surface area contributed by atoms with Crippen LogP contribution in [0.15, 0.2) is 42.5 Å². The number of nitriles is 2. The number of carbonyl (C=O) groups is 1. The van der Waals surface area contributed by atoms with Crippen molar-refractivity contribution >= 4 is 23.0 Å². The van der Waals surface area contributed by atoms with E-state index in [0.29, 0.717) is 34.8 Å². The molecule has 24 heavy (non-hydrogen) atoms. The second-order valence-electron chi connectivity index (χ2n) is 5.80. The first-order valence-electron chi connectivity index (χ1n) is 7.63. The van der Waals surface area contributed by atoms with Crippen molar-refractivity contribution in [2.45, 2.75) is 20.3 Å². The summed E-state index contributed by atoms with van der Waals surface area (Å²) in [4.78, 5) is 11.8. The highest BCUT2D eigenvalue weighted by atomic mass is 16.1. The van der Waals surface area contributed by atoms with E-state index in [2.05, 4.69) is 22.8 Å². The first kappa shape index (κ1) is 17.1. The lowest BCUT2D eigenvalue weighted by Gasteiger charge is -2.11. The molecule has 0 atom stereocenters. The van der Waals surface area contributed by atoms with Gasteiger partial charge < -0.3 is 10.6 Å². The normalized spacial score (nSPS) is 9.88. The molecule has 0 saturated carbocycles. The zero-order valence-electron chi connectivity index (χ0n) is 13.6. The van der Waals surface area contributed by atoms with Crippen molar-refractivity contribution in [2.75, 3.05) is 10.6 Å². The van der Waals surface area contributed by atoms with E-state index >= 15 is 0 Å². The highest BCUT2D eigenvalue weighted by molar-refractivity contribution is 5.91. The molecule has 0 heterocycles. The van der Waals surface area contributed by atoms with Gasteiger partial charge in [-0.05, 0) is 42.3 Å². The predicted molar refractivity (Wildman–Crippen MR) is 93.7 cm³/mol. The maximum atomic E-state index is 11.8. The van der Waals surface area contributed by atoms with Crippen LogP contribution in [0.25, 0.3) is 0 Å². The van der Waals surface area contributed by atoms with Crippen molar-refractivity contribution in [2.24, 2.45) is 5.92 Å². The predicted octanol–water partition coefficient (Wildman–Crippen LogP) is 4.16. The van der Waals surface area contributed by atoms with Crippen LogP contribution in [0.3, 0.4) is 0 Å². The maximum absolute atomic E-state index is 11.8. The van der Waals surface area contributed by atoms with Crippen LogP contribution in [0.4, 0.5) is 17.1 Å². The molecule has 0 aliphatic carbocycles. The molecule has 2 N–H and O–H groups in total. The van der Waals surface area contributed by atoms with Gasteiger partial charge in [0.2, 0.25) is 5.91 Å². The van der Waals surface area contributed by atoms with Gasteiger partial charge in [0, 0.05) is 17.8 Å². The van der Waals surface area contributed by atoms with E-state index in [4.69, 9.17) is 0 Å². The van der Waals surface area contributed by atoms with E-state index in [9.17, 15) is 15.3 Å². The lowest BCUT2D eigenvalue weighted by atomic mass is 10.1. The molecule has 2 aromatic carbocycles. The Morgan fingerprint density at radius 1 is 1.00 bits per heavy atom. The van der Waals surface area contributed by atoms with Gasteiger partial charge in [-0.2, -0.15) is 10.5 Å². The average Bonchev–Trinajstić information content (AvgIpc) is 2.56. The van der Waals surface area contributed by atoms with Crippen molar-refractivity contribution < 1.29 is 4.79 Å². The van der Waals surface area contributed by atoms with Gasteiger partial charge in [-0.25, -0.2) is 0 Å². The van der Waals surface area contributed by atoms with E-state index in [1.807, 2.05) is 13.8 Å². The molecule has 0 saturated heterocycles. The number of nitrogens with one attached hydrogen (secondary N) is 2. The summed E-state index contributed by atoms with van der Waals surface area (Å²) in [5.74, 6) is 0.283. The van der Waals surface area contributed by atoms with Crippen molar-refractivity contribution in [1.82, 2.24) is 0 Å². The lowest BCUT2D eigenvalue weighted by molar-refractivity contribution is -0.116. The van der Waals surface area contributed by atoms with Crippen LogP contribution in [0.5, 0.6) is 0 Å². The summed E-state index contributed by atoms with van der Waals surface area (Å²) in [6, 6.07) is 16.3. The Balaban J connectivity index is 2.15. The molecule has 0 aromatic heterocycles. The number of hydrogen-bond donors (Lipinski definition) is 2. The SMILES string of the molecule is CC(C)CC(=O)Nc1ccc(Nc2c(C#N)cccc2C#N)cc1. The van der Waals surface area contributed by atoms with Crippen LogP contribution in [-0.4, -0.2) is 5.91 Å². The van der Waals surface area contributed by atoms with E-state index < -0.39 is 0 Å². The number of para-hydroxylation sites is 1. The van der Waals surface area contributed by atoms with Crippen LogP contribution in [-0.2, 0) is 4.79 Å². The summed E-state index contributed by atoms with van der Waals surface area (Å²) in [7, 11) is 0. The summed E-state index contributed by atoms with van der Waals surface area (Å²) < 4.78 is 0. The molecule has 120 valence electrons. The molecule has 5 nitrogen and oxygen atoms in total. The monoisotopic (exact) mass is 318 g/mol. The third kappa shape index (κ3) is 4.34. The third-order valence-electron chi connectivity index (χ3n) is 3.34. The number of hydrogen-bond acceptors (Lipinski definition) is 4. The molecular weight excluding hydrogens is 300 g/mol. The number of nitrogens with zero attached hydrogens (tertiary/aromatic N) is 2. The summed E-state index contributed by atoms with van der Waals surface area (Å²) in [6.07, 6.45) is 0.473. The number of anilines is 3. The summed E-state index contributed by atoms with van der Waals surface area (Å²) in [5, 5.41) is 24.3. The molecule has 0 radical (unpaired) electrons. The van der Waals surface area contributed by atoms with Crippen molar-refractivity contribution in [3.8, 4) is 12.1 Å². The van der Waals surface area contributed by atoms with Crippen molar-refractivity contribution in [3.63, 3.8) is 0 Å². The molecule has 0 bridgehead atoms. The minimum absolute atomic E-state index is 0.0210. The zero-order chi connectivity index (χ0) is 17.5. The summed E-state index contributed by atoms with van der Waals surface area (Å²) in [6.45, 7) is 3.98. The van der Waals surface area contributed by atoms with Gasteiger partial charge in [-0.15, -0.1) is 0 Å². The molecule has 0 fully saturated rings. The second kappa shape index (κ2) is 7.80. The smallest absolute Gasteiger partial charge is 0.224 e. The van der Waals surface area contributed by atoms with Crippen molar-refractivity contribution in [1.29, 1.82) is 10.5 Å². The van der Waals surface area contributed by atoms with Crippen molar-refractivity contribution in [3.05, 3.63) is 53.6 Å². The fourth-order valence-electron chi connectivity index (χ4n) is 2.24. The quantitative estimate of drug-likeness (QED) is 0.866. The molecule has 0 aliphatic heterocycles. The Kier molecular flexibility index (Phi) is 5.54. The Bertz CT molecular complexity index is 778. The fraction of sp³-hybridized carbons (Fsp3) is 0.211. The average molecular weight is 318 g/mol. The van der Waals surface area contributed by atoms with E-state index in [1.54, 1.807) is 42.5 Å². The van der Waals surface area contributed by atoms with E-state index in [-0.39, 0.29) is 5.91 Å². The molecule has 0 unspecified atom stereocenters. The van der Waals surface area contributed by atoms with Crippen LogP contribution in [0.2, 0.25) is 0 Å². The van der Waals surface area contributed by atoms with Gasteiger partial charge >= 0.3 is 0 Å². The molecule has 2 rings (SSSR count). The minimum atomic E-state index is -0.0210. The van der Waals surface area contributed by atoms with Crippen LogP contribution in [0.1, 0.15) is 31.4 Å². The summed E-state index contributed by atoms with van der Waals surface area (Å²) in [5.41, 5.74) is 2.74. The van der Waals surface area contributed by atoms with Crippen LogP contribution in [0, 0.1) is 28.6 Å². The molecular formula is C19H18N4O. The topological polar surface area (TPSA) is 88.7 Å². The highest BCUT2D eigenvalue weighted by Gasteiger charge is 2.09. The van der Waals surface area contributed by atoms with Gasteiger partial charge in [0.15, 0.2) is 0 Å². The molecule has 2 aromatic rings. The number of rotatable bonds is 5. The standard InChI is InChI=1S/C19H18N4O/c1-13(2)10-18(24)22-16-6-8-17(9-7-16)23-19-14(11-20)4-3-5-15(19)12-21/h3-9,13,23H,10H2,1-2H3,(H,22,24). The van der Waals surface area contributed by atoms with Crippen LogP contribution < -0.4 is 10.6 Å². The first-order chi connectivity index (χ1) is 11.5. The third-order valence-corrected chi connectivity index (χ3v) is 3.34. The largest absolute Gasteiger partial charge is 0.353 e. The Morgan fingerprint density at radius 2 is 1.54 bits per heavy atom. The second-order valence-corrected chi connectivity index (χ2v) is 5.80.